The van der Waals surface area contributed by atoms with Crippen LogP contribution >= 0.6 is 0 Å². The number of ether oxygens (including phenoxy) is 1. The zero-order chi connectivity index (χ0) is 20.4. The van der Waals surface area contributed by atoms with Gasteiger partial charge in [0.25, 0.3) is 0 Å². The van der Waals surface area contributed by atoms with Gasteiger partial charge >= 0.3 is 0 Å². The fourth-order valence-electron chi connectivity index (χ4n) is 4.89. The first-order chi connectivity index (χ1) is 13.0. The number of rotatable bonds is 1. The predicted molar refractivity (Wildman–Crippen MR) is 107 cm³/mol. The number of aliphatic hydroxyl groups excluding tert-OH is 1. The number of fused-ring (bicyclic) bond motifs is 1. The van der Waals surface area contributed by atoms with Crippen LogP contribution in [-0.2, 0) is 9.59 Å². The highest BCUT2D eigenvalue weighted by Gasteiger charge is 2.46. The lowest BCUT2D eigenvalue weighted by molar-refractivity contribution is -0.119. The second-order valence-electron chi connectivity index (χ2n) is 10.2. The second kappa shape index (κ2) is 6.07. The number of carbonyl (C=O) groups excluding carboxylic acids is 2. The molecule has 0 amide bonds. The molecule has 2 aliphatic carbocycles. The van der Waals surface area contributed by atoms with Crippen LogP contribution in [0.3, 0.4) is 0 Å². The van der Waals surface area contributed by atoms with Crippen molar-refractivity contribution in [3.05, 3.63) is 52.0 Å². The highest BCUT2D eigenvalue weighted by atomic mass is 16.5. The molecule has 1 aliphatic heterocycles. The van der Waals surface area contributed by atoms with Crippen LogP contribution in [0.4, 0.5) is 0 Å². The van der Waals surface area contributed by atoms with Gasteiger partial charge < -0.3 is 9.84 Å². The van der Waals surface area contributed by atoms with Crippen LogP contribution in [0.5, 0.6) is 5.75 Å². The molecule has 0 fully saturated rings. The summed E-state index contributed by atoms with van der Waals surface area (Å²) < 4.78 is 6.17. The smallest absolute Gasteiger partial charge is 0.163 e. The third kappa shape index (κ3) is 3.09. The Kier molecular flexibility index (Phi) is 4.11. The number of benzene rings is 1. The van der Waals surface area contributed by atoms with Crippen LogP contribution in [0.25, 0.3) is 0 Å². The lowest BCUT2D eigenvalue weighted by atomic mass is 9.66. The maximum Gasteiger partial charge on any atom is 0.163 e. The van der Waals surface area contributed by atoms with Gasteiger partial charge in [-0.15, -0.1) is 0 Å². The van der Waals surface area contributed by atoms with Gasteiger partial charge in [0, 0.05) is 42.4 Å². The fourth-order valence-corrected chi connectivity index (χ4v) is 4.89. The molecule has 1 atom stereocenters. The summed E-state index contributed by atoms with van der Waals surface area (Å²) in [6.07, 6.45) is 1.87. The van der Waals surface area contributed by atoms with E-state index in [0.29, 0.717) is 48.3 Å². The second-order valence-corrected chi connectivity index (χ2v) is 10.2. The van der Waals surface area contributed by atoms with Crippen molar-refractivity contribution in [2.45, 2.75) is 66.2 Å². The minimum absolute atomic E-state index is 0.0151. The third-order valence-corrected chi connectivity index (χ3v) is 6.06. The normalized spacial score (nSPS) is 26.0. The molecule has 0 spiro atoms. The summed E-state index contributed by atoms with van der Waals surface area (Å²) in [6.45, 7) is 10.1. The van der Waals surface area contributed by atoms with Gasteiger partial charge in [0.15, 0.2) is 11.6 Å². The number of aliphatic hydroxyl groups is 1. The molecular weight excluding hydrogens is 352 g/mol. The average Bonchev–Trinajstić information content (AvgIpc) is 2.51. The van der Waals surface area contributed by atoms with Crippen LogP contribution in [0, 0.1) is 17.8 Å². The minimum Gasteiger partial charge on any atom is -0.512 e. The highest BCUT2D eigenvalue weighted by Crippen LogP contribution is 2.52. The van der Waals surface area contributed by atoms with Gasteiger partial charge in [0.2, 0.25) is 0 Å². The Morgan fingerprint density at radius 1 is 0.929 bits per heavy atom. The van der Waals surface area contributed by atoms with E-state index in [1.165, 1.54) is 0 Å². The monoisotopic (exact) mass is 380 g/mol. The first-order valence-corrected chi connectivity index (χ1v) is 9.97. The Morgan fingerprint density at radius 3 is 2.18 bits per heavy atom. The van der Waals surface area contributed by atoms with E-state index in [0.717, 1.165) is 11.1 Å². The Labute approximate surface area is 166 Å². The molecule has 1 heterocycles. The predicted octanol–water partition coefficient (Wildman–Crippen LogP) is 5.32. The number of carbonyl (C=O) groups is 2. The maximum absolute atomic E-state index is 13.2. The molecule has 28 heavy (non-hydrogen) atoms. The topological polar surface area (TPSA) is 63.6 Å². The Morgan fingerprint density at radius 2 is 1.54 bits per heavy atom. The number of allylic oxidation sites excluding steroid dienone is 4. The van der Waals surface area contributed by atoms with E-state index in [9.17, 15) is 14.7 Å². The van der Waals surface area contributed by atoms with Crippen LogP contribution in [0.2, 0.25) is 0 Å². The van der Waals surface area contributed by atoms with E-state index in [2.05, 4.69) is 13.8 Å². The van der Waals surface area contributed by atoms with Crippen molar-refractivity contribution in [3.8, 4) is 5.75 Å². The molecule has 1 N–H and O–H groups in total. The summed E-state index contributed by atoms with van der Waals surface area (Å²) in [7, 11) is 0. The van der Waals surface area contributed by atoms with Crippen molar-refractivity contribution in [1.29, 1.82) is 0 Å². The average molecular weight is 380 g/mol. The Hall–Kier alpha value is -2.36. The molecule has 1 aromatic carbocycles. The van der Waals surface area contributed by atoms with Crippen molar-refractivity contribution in [1.82, 2.24) is 0 Å². The Balaban J connectivity index is 1.95. The van der Waals surface area contributed by atoms with E-state index in [1.807, 2.05) is 39.0 Å². The molecule has 3 aliphatic rings. The van der Waals surface area contributed by atoms with E-state index in [4.69, 9.17) is 4.74 Å². The lowest BCUT2D eigenvalue weighted by Gasteiger charge is -2.40. The van der Waals surface area contributed by atoms with Gasteiger partial charge in [0.1, 0.15) is 17.3 Å². The summed E-state index contributed by atoms with van der Waals surface area (Å²) in [5, 5.41) is 10.9. The Bertz CT molecular complexity index is 959. The molecule has 4 nitrogen and oxygen atoms in total. The van der Waals surface area contributed by atoms with E-state index in [-0.39, 0.29) is 28.2 Å². The van der Waals surface area contributed by atoms with Gasteiger partial charge in [-0.05, 0) is 23.8 Å². The van der Waals surface area contributed by atoms with Crippen LogP contribution in [0.1, 0.15) is 70.4 Å². The number of hydrogen-bond acceptors (Lipinski definition) is 4. The van der Waals surface area contributed by atoms with Crippen molar-refractivity contribution < 1.29 is 19.4 Å². The summed E-state index contributed by atoms with van der Waals surface area (Å²) in [5.41, 5.74) is 2.32. The standard InChI is InChI=1S/C24H28O4/c1-13-6-7-18-14(8-13)20(21-15(25)9-23(2,3)10-16(21)26)22-17(27)11-24(4,5)12-19(22)28-18/h6-8,20,25H,9-12H2,1-5H3/t20-/m1/s1. The van der Waals surface area contributed by atoms with Crippen molar-refractivity contribution in [2.75, 3.05) is 0 Å². The van der Waals surface area contributed by atoms with Gasteiger partial charge in [-0.25, -0.2) is 0 Å². The molecule has 0 radical (unpaired) electrons. The SMILES string of the molecule is Cc1ccc2c(c1)[C@H](C1=C(O)CC(C)(C)CC1=O)C1=C(CC(C)(C)CC1=O)O2. The van der Waals surface area contributed by atoms with Gasteiger partial charge in [-0.2, -0.15) is 0 Å². The molecule has 0 unspecified atom stereocenters. The molecule has 4 rings (SSSR count). The summed E-state index contributed by atoms with van der Waals surface area (Å²) in [5.74, 6) is 0.855. The molecule has 0 saturated carbocycles. The van der Waals surface area contributed by atoms with E-state index >= 15 is 0 Å². The molecule has 0 bridgehead atoms. The van der Waals surface area contributed by atoms with Crippen molar-refractivity contribution in [3.63, 3.8) is 0 Å². The zero-order valence-corrected chi connectivity index (χ0v) is 17.3. The van der Waals surface area contributed by atoms with Gasteiger partial charge in [-0.1, -0.05) is 45.4 Å². The summed E-state index contributed by atoms with van der Waals surface area (Å²) in [4.78, 5) is 26.3. The van der Waals surface area contributed by atoms with E-state index in [1.54, 1.807) is 0 Å². The molecule has 0 aromatic heterocycles. The summed E-state index contributed by atoms with van der Waals surface area (Å²) >= 11 is 0. The first kappa shape index (κ1) is 19.0. The largest absolute Gasteiger partial charge is 0.512 e. The fraction of sp³-hybridized carbons (Fsp3) is 0.500. The highest BCUT2D eigenvalue weighted by molar-refractivity contribution is 6.06. The summed E-state index contributed by atoms with van der Waals surface area (Å²) in [6, 6.07) is 5.85. The molecule has 148 valence electrons. The first-order valence-electron chi connectivity index (χ1n) is 9.97. The number of Topliss-reactive ketones (excluding diaryl/α,β-unsaturated/α-hetero) is 2. The van der Waals surface area contributed by atoms with Crippen LogP contribution in [0.15, 0.2) is 40.9 Å². The molecule has 1 aromatic rings. The minimum atomic E-state index is -0.536. The maximum atomic E-state index is 13.2. The molecule has 4 heteroatoms. The molecular formula is C24H28O4. The van der Waals surface area contributed by atoms with Gasteiger partial charge in [0.05, 0.1) is 5.92 Å². The zero-order valence-electron chi connectivity index (χ0n) is 17.3. The van der Waals surface area contributed by atoms with Crippen LogP contribution < -0.4 is 4.74 Å². The van der Waals surface area contributed by atoms with Gasteiger partial charge in [-0.3, -0.25) is 9.59 Å². The number of ketones is 2. The quantitative estimate of drug-likeness (QED) is 0.716. The van der Waals surface area contributed by atoms with E-state index < -0.39 is 5.92 Å². The third-order valence-electron chi connectivity index (χ3n) is 6.06. The molecule has 0 saturated heterocycles. The lowest BCUT2D eigenvalue weighted by Crippen LogP contribution is -2.36. The van der Waals surface area contributed by atoms with Crippen molar-refractivity contribution >= 4 is 11.6 Å². The number of hydrogen-bond donors (Lipinski definition) is 1. The number of aryl methyl sites for hydroxylation is 1. The van der Waals surface area contributed by atoms with Crippen LogP contribution in [-0.4, -0.2) is 16.7 Å². The van der Waals surface area contributed by atoms with Crippen molar-refractivity contribution in [2.24, 2.45) is 10.8 Å².